The normalized spacial score (nSPS) is 15.8. The molecule has 0 aromatic heterocycles. The van der Waals surface area contributed by atoms with Crippen molar-refractivity contribution in [3.8, 4) is 0 Å². The summed E-state index contributed by atoms with van der Waals surface area (Å²) in [4.78, 5) is 14.9. The van der Waals surface area contributed by atoms with Crippen LogP contribution in [0.2, 0.25) is 0 Å². The summed E-state index contributed by atoms with van der Waals surface area (Å²) in [5, 5.41) is 10.7. The zero-order chi connectivity index (χ0) is 28.1. The van der Waals surface area contributed by atoms with Crippen LogP contribution in [0.4, 0.5) is 5.69 Å². The van der Waals surface area contributed by atoms with Gasteiger partial charge in [0.15, 0.2) is 5.71 Å². The first-order valence-electron chi connectivity index (χ1n) is 12.3. The van der Waals surface area contributed by atoms with E-state index >= 15 is 0 Å². The Morgan fingerprint density at radius 1 is 0.842 bits per heavy atom. The van der Waals surface area contributed by atoms with Crippen molar-refractivity contribution in [3.63, 3.8) is 0 Å². The van der Waals surface area contributed by atoms with Gasteiger partial charge in [-0.3, -0.25) is 13.9 Å². The number of carbonyl (C=O) groups excluding carboxylic acids is 1. The van der Waals surface area contributed by atoms with Crippen LogP contribution in [0.15, 0.2) is 65.5 Å². The van der Waals surface area contributed by atoms with E-state index in [1.807, 2.05) is 23.3 Å². The predicted molar refractivity (Wildman–Crippen MR) is 147 cm³/mol. The first-order valence-corrected chi connectivity index (χ1v) is 15.5. The van der Waals surface area contributed by atoms with E-state index < -0.39 is 20.2 Å². The van der Waals surface area contributed by atoms with Crippen LogP contribution in [0.1, 0.15) is 32.3 Å². The van der Waals surface area contributed by atoms with Crippen molar-refractivity contribution in [2.45, 2.75) is 26.7 Å². The third-order valence-corrected chi connectivity index (χ3v) is 8.00. The fourth-order valence-electron chi connectivity index (χ4n) is 4.43. The number of Topliss-reactive ketones (excluding diaryl/α,β-unsaturated/α-hetero) is 1. The second kappa shape index (κ2) is 12.2. The summed E-state index contributed by atoms with van der Waals surface area (Å²) in [6.45, 7) is 5.98. The van der Waals surface area contributed by atoms with Crippen LogP contribution in [0, 0.1) is 0 Å². The Bertz CT molecular complexity index is 1430. The minimum Gasteiger partial charge on any atom is -0.506 e. The summed E-state index contributed by atoms with van der Waals surface area (Å²) >= 11 is 0. The van der Waals surface area contributed by atoms with E-state index in [2.05, 4.69) is 0 Å². The zero-order valence-electron chi connectivity index (χ0n) is 21.4. The Kier molecular flexibility index (Phi) is 9.47. The molecule has 10 nitrogen and oxygen atoms in total. The van der Waals surface area contributed by atoms with Crippen LogP contribution in [-0.4, -0.2) is 84.8 Å². The SMILES string of the molecule is CCN(CCCS(=O)(=O)O)c1ccc(C2=C(O)C(=C3C=CC(=[N+](CC)CCCS(=O)(=O)O)C=C3)C2=O)cc1. The van der Waals surface area contributed by atoms with Crippen molar-refractivity contribution in [1.29, 1.82) is 0 Å². The van der Waals surface area contributed by atoms with E-state index in [1.165, 1.54) is 0 Å². The summed E-state index contributed by atoms with van der Waals surface area (Å²) in [7, 11) is -8.03. The standard InChI is InChI=1S/C26H32N2O8S2/c1-3-27(15-5-17-37(31,32)33)21-11-7-19(8-12-21)23-25(29)24(26(23)30)20-9-13-22(14-10-20)28(4-2)16-6-18-38(34,35)36/h7-14H,3-6,15-18H2,1-2H3,(H2-,29,30,31,32,33,34,35,36)/p+1. The van der Waals surface area contributed by atoms with Crippen LogP contribution >= 0.6 is 0 Å². The van der Waals surface area contributed by atoms with Crippen molar-refractivity contribution >= 4 is 43.0 Å². The van der Waals surface area contributed by atoms with E-state index in [4.69, 9.17) is 9.11 Å². The highest BCUT2D eigenvalue weighted by Gasteiger charge is 2.36. The molecule has 0 radical (unpaired) electrons. The Balaban J connectivity index is 1.74. The molecular weight excluding hydrogens is 532 g/mol. The molecule has 0 aliphatic heterocycles. The molecule has 2 aliphatic rings. The maximum Gasteiger partial charge on any atom is 0.265 e. The highest BCUT2D eigenvalue weighted by molar-refractivity contribution is 7.86. The number of anilines is 1. The lowest BCUT2D eigenvalue weighted by Crippen LogP contribution is -2.26. The van der Waals surface area contributed by atoms with Gasteiger partial charge < -0.3 is 10.0 Å². The molecule has 1 aromatic carbocycles. The third kappa shape index (κ3) is 7.50. The fraction of sp³-hybridized carbons (Fsp3) is 0.385. The number of aliphatic hydroxyl groups excluding tert-OH is 1. The molecule has 0 saturated carbocycles. The van der Waals surface area contributed by atoms with Gasteiger partial charge in [-0.05, 0) is 55.7 Å². The molecule has 3 N–H and O–H groups in total. The molecule has 0 bridgehead atoms. The maximum absolute atomic E-state index is 13.0. The van der Waals surface area contributed by atoms with E-state index in [9.17, 15) is 26.7 Å². The summed E-state index contributed by atoms with van der Waals surface area (Å²) in [6, 6.07) is 7.06. The van der Waals surface area contributed by atoms with Gasteiger partial charge in [0.2, 0.25) is 5.78 Å². The zero-order valence-corrected chi connectivity index (χ0v) is 23.0. The minimum atomic E-state index is -4.01. The Hall–Kier alpha value is -3.06. The van der Waals surface area contributed by atoms with Gasteiger partial charge >= 0.3 is 0 Å². The molecule has 2 aliphatic carbocycles. The van der Waals surface area contributed by atoms with E-state index in [-0.39, 0.29) is 47.0 Å². The van der Waals surface area contributed by atoms with Gasteiger partial charge in [0.1, 0.15) is 18.8 Å². The average molecular weight is 566 g/mol. The number of ketones is 1. The molecule has 0 spiro atoms. The van der Waals surface area contributed by atoms with Crippen LogP contribution in [0.5, 0.6) is 0 Å². The maximum atomic E-state index is 13.0. The summed E-state index contributed by atoms with van der Waals surface area (Å²) in [6.07, 6.45) is 7.61. The molecule has 0 heterocycles. The van der Waals surface area contributed by atoms with E-state index in [1.54, 1.807) is 48.6 Å². The highest BCUT2D eigenvalue weighted by atomic mass is 32.2. The summed E-state index contributed by atoms with van der Waals surface area (Å²) < 4.78 is 63.7. The molecule has 3 rings (SSSR count). The molecule has 0 amide bonds. The fourth-order valence-corrected chi connectivity index (χ4v) is 5.42. The van der Waals surface area contributed by atoms with Crippen molar-refractivity contribution in [3.05, 3.63) is 71.0 Å². The lowest BCUT2D eigenvalue weighted by molar-refractivity contribution is -0.522. The number of allylic oxidation sites excluding steroid dienone is 7. The van der Waals surface area contributed by atoms with Crippen LogP contribution in [0.25, 0.3) is 5.57 Å². The number of carbonyl (C=O) groups is 1. The average Bonchev–Trinajstić information content (AvgIpc) is 2.85. The van der Waals surface area contributed by atoms with E-state index in [0.29, 0.717) is 37.3 Å². The number of hydrogen-bond acceptors (Lipinski definition) is 7. The molecule has 206 valence electrons. The lowest BCUT2D eigenvalue weighted by atomic mass is 9.80. The second-order valence-electron chi connectivity index (χ2n) is 8.96. The predicted octanol–water partition coefficient (Wildman–Crippen LogP) is 2.82. The van der Waals surface area contributed by atoms with Gasteiger partial charge in [0.25, 0.3) is 20.2 Å². The number of benzene rings is 1. The Morgan fingerprint density at radius 3 is 1.92 bits per heavy atom. The quantitative estimate of drug-likeness (QED) is 0.197. The molecule has 0 atom stereocenters. The Labute approximate surface area is 223 Å². The molecule has 12 heteroatoms. The van der Waals surface area contributed by atoms with Crippen molar-refractivity contribution in [2.75, 3.05) is 42.6 Å². The number of aliphatic hydroxyl groups is 1. The van der Waals surface area contributed by atoms with Gasteiger partial charge in [0.05, 0.1) is 22.7 Å². The van der Waals surface area contributed by atoms with Crippen LogP contribution in [0.3, 0.4) is 0 Å². The monoisotopic (exact) mass is 565 g/mol. The van der Waals surface area contributed by atoms with Crippen LogP contribution in [-0.2, 0) is 25.0 Å². The second-order valence-corrected chi connectivity index (χ2v) is 12.1. The van der Waals surface area contributed by atoms with Gasteiger partial charge in [-0.25, -0.2) is 4.58 Å². The lowest BCUT2D eigenvalue weighted by Gasteiger charge is -2.25. The molecule has 0 fully saturated rings. The highest BCUT2D eigenvalue weighted by Crippen LogP contribution is 2.39. The van der Waals surface area contributed by atoms with Crippen molar-refractivity contribution < 1.29 is 40.4 Å². The van der Waals surface area contributed by atoms with Crippen molar-refractivity contribution in [1.82, 2.24) is 0 Å². The van der Waals surface area contributed by atoms with Gasteiger partial charge in [-0.2, -0.15) is 16.8 Å². The molecule has 1 aromatic rings. The molecule has 38 heavy (non-hydrogen) atoms. The van der Waals surface area contributed by atoms with Crippen molar-refractivity contribution in [2.24, 2.45) is 0 Å². The first-order chi connectivity index (χ1) is 17.8. The minimum absolute atomic E-state index is 0.0866. The first kappa shape index (κ1) is 29.5. The number of nitrogens with zero attached hydrogens (tertiary/aromatic N) is 2. The van der Waals surface area contributed by atoms with Gasteiger partial charge in [0, 0.05) is 37.3 Å². The smallest absolute Gasteiger partial charge is 0.265 e. The van der Waals surface area contributed by atoms with Gasteiger partial charge in [-0.15, -0.1) is 0 Å². The van der Waals surface area contributed by atoms with Gasteiger partial charge in [-0.1, -0.05) is 12.1 Å². The van der Waals surface area contributed by atoms with E-state index in [0.717, 1.165) is 11.4 Å². The molecular formula is C26H33N2O8S2+. The largest absolute Gasteiger partial charge is 0.506 e. The third-order valence-electron chi connectivity index (χ3n) is 6.39. The Morgan fingerprint density at radius 2 is 1.42 bits per heavy atom. The van der Waals surface area contributed by atoms with Crippen LogP contribution < -0.4 is 4.90 Å². The molecule has 0 unspecified atom stereocenters. The number of hydrogen-bond donors (Lipinski definition) is 3. The summed E-state index contributed by atoms with van der Waals surface area (Å²) in [5.41, 5.74) is 3.25. The summed E-state index contributed by atoms with van der Waals surface area (Å²) in [5.74, 6) is -0.998. The molecule has 0 saturated heterocycles. The topological polar surface area (TPSA) is 152 Å². The number of rotatable bonds is 12.